The smallest absolute Gasteiger partial charge is 0.219 e. The van der Waals surface area contributed by atoms with E-state index in [1.165, 1.54) is 0 Å². The van der Waals surface area contributed by atoms with Crippen LogP contribution < -0.4 is 15.2 Å². The maximum absolute atomic E-state index is 12.6. The Kier molecular flexibility index (Phi) is 6.06. The third kappa shape index (κ3) is 4.41. The van der Waals surface area contributed by atoms with Crippen molar-refractivity contribution in [1.29, 1.82) is 0 Å². The lowest BCUT2D eigenvalue weighted by molar-refractivity contribution is 0.0668. The number of halogens is 1. The molecule has 7 nitrogen and oxygen atoms in total. The van der Waals surface area contributed by atoms with Gasteiger partial charge in [-0.05, 0) is 48.4 Å². The number of fused-ring (bicyclic) bond motifs is 1. The molecule has 0 aliphatic carbocycles. The summed E-state index contributed by atoms with van der Waals surface area (Å²) in [4.78, 5) is 10.5. The van der Waals surface area contributed by atoms with Gasteiger partial charge in [0.1, 0.15) is 30.0 Å². The first-order valence-corrected chi connectivity index (χ1v) is 11.3. The highest BCUT2D eigenvalue weighted by molar-refractivity contribution is 5.95. The minimum Gasteiger partial charge on any atom is -0.508 e. The molecule has 1 saturated heterocycles. The molecule has 2 aliphatic heterocycles. The number of aromatic nitrogens is 2. The van der Waals surface area contributed by atoms with E-state index in [1.807, 2.05) is 31.2 Å². The van der Waals surface area contributed by atoms with E-state index in [4.69, 9.17) is 15.2 Å². The number of aromatic hydroxyl groups is 1. The maximum atomic E-state index is 12.6. The molecule has 176 valence electrons. The van der Waals surface area contributed by atoms with Crippen LogP contribution in [-0.4, -0.2) is 52.9 Å². The lowest BCUT2D eigenvalue weighted by Crippen LogP contribution is -2.49. The van der Waals surface area contributed by atoms with E-state index in [1.54, 1.807) is 30.6 Å². The van der Waals surface area contributed by atoms with Crippen molar-refractivity contribution in [2.75, 3.05) is 38.6 Å². The minimum absolute atomic E-state index is 0.174. The predicted molar refractivity (Wildman–Crippen MR) is 128 cm³/mol. The van der Waals surface area contributed by atoms with Gasteiger partial charge in [-0.3, -0.25) is 9.29 Å². The Morgan fingerprint density at radius 2 is 1.88 bits per heavy atom. The van der Waals surface area contributed by atoms with Crippen molar-refractivity contribution in [2.45, 2.75) is 13.0 Å². The normalized spacial score (nSPS) is 18.2. The van der Waals surface area contributed by atoms with Crippen LogP contribution in [0.5, 0.6) is 17.2 Å². The van der Waals surface area contributed by atoms with E-state index in [-0.39, 0.29) is 24.3 Å². The summed E-state index contributed by atoms with van der Waals surface area (Å²) in [7, 11) is 0. The van der Waals surface area contributed by atoms with Gasteiger partial charge in [0.05, 0.1) is 6.67 Å². The monoisotopic (exact) mass is 462 g/mol. The van der Waals surface area contributed by atoms with E-state index in [9.17, 15) is 9.50 Å². The highest BCUT2D eigenvalue weighted by atomic mass is 19.1. The molecule has 1 fully saturated rings. The van der Waals surface area contributed by atoms with Crippen molar-refractivity contribution in [2.24, 2.45) is 5.92 Å². The minimum atomic E-state index is -0.392. The highest BCUT2D eigenvalue weighted by Crippen LogP contribution is 2.47. The Labute approximate surface area is 197 Å². The fourth-order valence-electron chi connectivity index (χ4n) is 4.51. The molecular formula is C26H27FN4O3. The van der Waals surface area contributed by atoms with Crippen LogP contribution in [0.1, 0.15) is 29.7 Å². The molecule has 0 spiro atoms. The number of nitrogen functional groups attached to an aromatic ring is 1. The first-order chi connectivity index (χ1) is 16.5. The molecule has 0 saturated carbocycles. The van der Waals surface area contributed by atoms with Crippen molar-refractivity contribution in [1.82, 2.24) is 14.9 Å². The Hall–Kier alpha value is -3.65. The molecule has 2 aliphatic rings. The Bertz CT molecular complexity index is 1190. The zero-order valence-electron chi connectivity index (χ0n) is 18.9. The van der Waals surface area contributed by atoms with Crippen LogP contribution >= 0.6 is 0 Å². The number of nitrogens with zero attached hydrogens (tertiary/aromatic N) is 3. The van der Waals surface area contributed by atoms with Gasteiger partial charge in [-0.15, -0.1) is 0 Å². The number of phenols is 1. The Morgan fingerprint density at radius 3 is 2.59 bits per heavy atom. The number of benzene rings is 2. The fourth-order valence-corrected chi connectivity index (χ4v) is 4.51. The average molecular weight is 463 g/mol. The molecule has 2 aromatic carbocycles. The third-order valence-electron chi connectivity index (χ3n) is 6.37. The molecule has 5 rings (SSSR count). The number of hydrogen-bond donors (Lipinski definition) is 2. The summed E-state index contributed by atoms with van der Waals surface area (Å²) in [6, 6.07) is 12.9. The number of allylic oxidation sites excluding steroid dienone is 1. The molecule has 0 bridgehead atoms. The van der Waals surface area contributed by atoms with Crippen LogP contribution in [-0.2, 0) is 0 Å². The fraction of sp³-hybridized carbons (Fsp3) is 0.308. The van der Waals surface area contributed by atoms with Gasteiger partial charge in [0, 0.05) is 54.6 Å². The molecule has 0 amide bonds. The number of anilines is 1. The number of ether oxygens (including phenoxy) is 2. The second kappa shape index (κ2) is 9.30. The molecule has 1 aromatic heterocycles. The highest BCUT2D eigenvalue weighted by Gasteiger charge is 2.30. The summed E-state index contributed by atoms with van der Waals surface area (Å²) in [6.07, 6.45) is 2.98. The molecule has 3 heterocycles. The molecule has 34 heavy (non-hydrogen) atoms. The average Bonchev–Trinajstić information content (AvgIpc) is 2.82. The Balaban J connectivity index is 1.37. The summed E-state index contributed by atoms with van der Waals surface area (Å²) >= 11 is 0. The van der Waals surface area contributed by atoms with Gasteiger partial charge >= 0.3 is 0 Å². The van der Waals surface area contributed by atoms with Crippen molar-refractivity contribution in [3.63, 3.8) is 0 Å². The summed E-state index contributed by atoms with van der Waals surface area (Å²) in [6.45, 7) is 4.71. The molecular weight excluding hydrogens is 435 g/mol. The molecule has 0 radical (unpaired) electrons. The van der Waals surface area contributed by atoms with Crippen molar-refractivity contribution >= 4 is 17.1 Å². The molecule has 3 aromatic rings. The predicted octanol–water partition coefficient (Wildman–Crippen LogP) is 4.11. The van der Waals surface area contributed by atoms with Crippen LogP contribution in [0.25, 0.3) is 11.1 Å². The first-order valence-electron chi connectivity index (χ1n) is 11.3. The van der Waals surface area contributed by atoms with E-state index >= 15 is 0 Å². The first kappa shape index (κ1) is 22.2. The largest absolute Gasteiger partial charge is 0.508 e. The second-order valence-corrected chi connectivity index (χ2v) is 8.74. The number of likely N-dealkylation sites (tertiary alicyclic amines) is 1. The van der Waals surface area contributed by atoms with Crippen LogP contribution in [0, 0.1) is 5.92 Å². The van der Waals surface area contributed by atoms with Gasteiger partial charge < -0.3 is 20.3 Å². The topological polar surface area (TPSA) is 93.7 Å². The zero-order valence-corrected chi connectivity index (χ0v) is 18.9. The number of rotatable bonds is 7. The van der Waals surface area contributed by atoms with Crippen LogP contribution in [0.3, 0.4) is 0 Å². The van der Waals surface area contributed by atoms with E-state index in [0.29, 0.717) is 12.4 Å². The number of alkyl halides is 1. The number of hydrogen-bond acceptors (Lipinski definition) is 7. The quantitative estimate of drug-likeness (QED) is 0.546. The van der Waals surface area contributed by atoms with Crippen LogP contribution in [0.15, 0.2) is 54.9 Å². The van der Waals surface area contributed by atoms with Crippen molar-refractivity contribution in [3.05, 3.63) is 71.5 Å². The maximum Gasteiger partial charge on any atom is 0.219 e. The van der Waals surface area contributed by atoms with Crippen molar-refractivity contribution < 1.29 is 19.0 Å². The van der Waals surface area contributed by atoms with E-state index in [2.05, 4.69) is 14.9 Å². The molecule has 1 atom stereocenters. The van der Waals surface area contributed by atoms with E-state index in [0.717, 1.165) is 53.2 Å². The SMILES string of the molecule is CC1=C(c2cnc(N)nc2)C(c2ccc(OCCN3CC(CF)C3)cc2)Oc2ccc(O)cc21. The standard InChI is InChI=1S/C26H27FN4O3/c1-16-22-10-20(32)4-7-23(22)34-25(24(16)19-12-29-26(28)30-13-19)18-2-5-21(6-3-18)33-9-8-31-14-17(11-27)15-31/h2-7,10,12-13,17,25,32H,8-9,11,14-15H2,1H3,(H2,28,29,30). The van der Waals surface area contributed by atoms with Gasteiger partial charge in [0.25, 0.3) is 0 Å². The summed E-state index contributed by atoms with van der Waals surface area (Å²) in [5.41, 5.74) is 10.1. The Morgan fingerprint density at radius 1 is 1.15 bits per heavy atom. The summed E-state index contributed by atoms with van der Waals surface area (Å²) in [5, 5.41) is 10.0. The van der Waals surface area contributed by atoms with Crippen molar-refractivity contribution in [3.8, 4) is 17.2 Å². The zero-order chi connectivity index (χ0) is 23.7. The van der Waals surface area contributed by atoms with E-state index < -0.39 is 6.10 Å². The molecule has 3 N–H and O–H groups in total. The van der Waals surface area contributed by atoms with Gasteiger partial charge in [0.15, 0.2) is 0 Å². The molecule has 1 unspecified atom stereocenters. The van der Waals surface area contributed by atoms with Crippen LogP contribution in [0.4, 0.5) is 10.3 Å². The molecule has 8 heteroatoms. The second-order valence-electron chi connectivity index (χ2n) is 8.74. The van der Waals surface area contributed by atoms with Gasteiger partial charge in [-0.2, -0.15) is 0 Å². The number of phenolic OH excluding ortho intramolecular Hbond substituents is 1. The van der Waals surface area contributed by atoms with Crippen LogP contribution in [0.2, 0.25) is 0 Å². The van der Waals surface area contributed by atoms with Gasteiger partial charge in [-0.25, -0.2) is 9.97 Å². The third-order valence-corrected chi connectivity index (χ3v) is 6.37. The lowest BCUT2D eigenvalue weighted by Gasteiger charge is -2.37. The summed E-state index contributed by atoms with van der Waals surface area (Å²) in [5.74, 6) is 2.02. The van der Waals surface area contributed by atoms with Gasteiger partial charge in [-0.1, -0.05) is 12.1 Å². The summed E-state index contributed by atoms with van der Waals surface area (Å²) < 4.78 is 24.9. The lowest BCUT2D eigenvalue weighted by atomic mass is 9.87. The number of nitrogens with two attached hydrogens (primary N) is 1. The van der Waals surface area contributed by atoms with Gasteiger partial charge in [0.2, 0.25) is 5.95 Å².